The van der Waals surface area contributed by atoms with E-state index in [9.17, 15) is 24.6 Å². The molecule has 10 unspecified atom stereocenters. The summed E-state index contributed by atoms with van der Waals surface area (Å²) in [4.78, 5) is 36.5. The Labute approximate surface area is 321 Å². The molecule has 1 spiro atoms. The second kappa shape index (κ2) is 10.00. The van der Waals surface area contributed by atoms with Crippen LogP contribution in [0.2, 0.25) is 0 Å². The van der Waals surface area contributed by atoms with Crippen LogP contribution >= 0.6 is 0 Å². The van der Waals surface area contributed by atoms with Gasteiger partial charge in [-0.15, -0.1) is 5.92 Å². The normalized spacial score (nSPS) is 63.5. The fraction of sp³-hybridized carbons (Fsp3) is 0.854. The number of fused-ring (bicyclic) bond motifs is 22. The minimum Gasteiger partial charge on any atom is -0.458 e. The summed E-state index contributed by atoms with van der Waals surface area (Å²) < 4.78 is 6.22. The van der Waals surface area contributed by atoms with E-state index in [1.54, 1.807) is 0 Å². The van der Waals surface area contributed by atoms with Gasteiger partial charge in [-0.2, -0.15) is 0 Å². The van der Waals surface area contributed by atoms with Gasteiger partial charge in [0.15, 0.2) is 5.78 Å². The van der Waals surface area contributed by atoms with E-state index in [0.29, 0.717) is 78.3 Å². The van der Waals surface area contributed by atoms with Crippen molar-refractivity contribution in [2.45, 2.75) is 148 Å². The van der Waals surface area contributed by atoms with Crippen molar-refractivity contribution in [2.24, 2.45) is 105 Å². The van der Waals surface area contributed by atoms with E-state index in [2.05, 4.69) is 45.6 Å². The summed E-state index contributed by atoms with van der Waals surface area (Å²) in [6, 6.07) is 0. The van der Waals surface area contributed by atoms with Crippen LogP contribution in [0.25, 0.3) is 0 Å². The van der Waals surface area contributed by atoms with Gasteiger partial charge in [-0.1, -0.05) is 39.2 Å². The lowest BCUT2D eigenvalue weighted by Crippen LogP contribution is -2.65. The second-order valence-electron chi connectivity index (χ2n) is 22.9. The first-order chi connectivity index (χ1) is 25.6. The fourth-order valence-corrected chi connectivity index (χ4v) is 19.1. The Morgan fingerprint density at radius 1 is 0.685 bits per heavy atom. The number of carbonyl (C=O) groups is 3. The minimum absolute atomic E-state index is 0.0561. The molecular formula is C48H62O6. The largest absolute Gasteiger partial charge is 0.458 e. The maximum atomic E-state index is 12.2. The molecule has 13 aliphatic rings. The van der Waals surface area contributed by atoms with Crippen molar-refractivity contribution in [1.82, 2.24) is 0 Å². The van der Waals surface area contributed by atoms with Gasteiger partial charge in [0.25, 0.3) is 0 Å². The van der Waals surface area contributed by atoms with Crippen molar-refractivity contribution >= 4 is 17.5 Å². The van der Waals surface area contributed by atoms with Gasteiger partial charge in [-0.05, 0) is 160 Å². The summed E-state index contributed by atoms with van der Waals surface area (Å²) in [6.45, 7) is 11.5. The minimum atomic E-state index is -0.816. The third-order valence-electron chi connectivity index (χ3n) is 21.6. The van der Waals surface area contributed by atoms with Gasteiger partial charge < -0.3 is 14.9 Å². The molecule has 0 aromatic carbocycles. The number of ether oxygens (including phenoxy) is 1. The number of ketones is 2. The van der Waals surface area contributed by atoms with Crippen molar-refractivity contribution in [3.63, 3.8) is 0 Å². The van der Waals surface area contributed by atoms with Crippen LogP contribution < -0.4 is 0 Å². The Hall–Kier alpha value is -1.97. The van der Waals surface area contributed by atoms with Gasteiger partial charge in [0, 0.05) is 53.8 Å². The molecule has 6 nitrogen and oxygen atoms in total. The molecule has 12 fully saturated rings. The first-order valence-corrected chi connectivity index (χ1v) is 22.5. The molecule has 12 aliphatic carbocycles. The van der Waals surface area contributed by atoms with Crippen molar-refractivity contribution in [2.75, 3.05) is 0 Å². The number of hydrogen-bond donors (Lipinski definition) is 2. The molecular weight excluding hydrogens is 673 g/mol. The summed E-state index contributed by atoms with van der Waals surface area (Å²) in [5, 5.41) is 23.4. The first-order valence-electron chi connectivity index (χ1n) is 22.5. The summed E-state index contributed by atoms with van der Waals surface area (Å²) in [7, 11) is 0. The Balaban J connectivity index is 0.000000120. The standard InChI is InChI=1S/C24H30O3.C24H32O3/c1-22-6-3-12(25)9-17(22)13-10-14(13)20-16(22)4-7-23(2)21(20)15-11-18(15)24(23)8-5-19(26)27-24;1-4-7-23(26)18-11-15(18)20-19-14-10-17(14)24(27)12-13(25)5-8-21(24,2)16(19)6-9-22(20,23)3/h9,13-16,18,20-21H,3-8,10-11H2,1-2H3;14-20,26-27H,5-6,8-12H2,1-3H3/t13-,14?,15-,16?,18?,20?,21?,22-,23+,24+;14?,15-,16?,17-,18?,19?,20?,21-,22+,23+,24-/m11/s1. The first kappa shape index (κ1) is 34.1. The maximum Gasteiger partial charge on any atom is 0.306 e. The van der Waals surface area contributed by atoms with E-state index in [-0.39, 0.29) is 39.0 Å². The molecule has 1 heterocycles. The lowest BCUT2D eigenvalue weighted by atomic mass is 9.42. The second-order valence-corrected chi connectivity index (χ2v) is 22.9. The molecule has 1 saturated heterocycles. The predicted molar refractivity (Wildman–Crippen MR) is 201 cm³/mol. The third kappa shape index (κ3) is 3.67. The highest BCUT2D eigenvalue weighted by Gasteiger charge is 2.83. The van der Waals surface area contributed by atoms with Crippen LogP contribution in [-0.2, 0) is 19.1 Å². The lowest BCUT2D eigenvalue weighted by Gasteiger charge is -2.63. The molecule has 11 saturated carbocycles. The number of rotatable bonds is 0. The van der Waals surface area contributed by atoms with Gasteiger partial charge in [0.2, 0.25) is 0 Å². The van der Waals surface area contributed by atoms with Gasteiger partial charge in [-0.3, -0.25) is 14.4 Å². The molecule has 1 aliphatic heterocycles. The quantitative estimate of drug-likeness (QED) is 0.198. The van der Waals surface area contributed by atoms with Gasteiger partial charge >= 0.3 is 5.97 Å². The molecule has 0 aromatic rings. The fourth-order valence-electron chi connectivity index (χ4n) is 19.1. The van der Waals surface area contributed by atoms with Gasteiger partial charge in [0.05, 0.1) is 5.60 Å². The molecule has 21 atom stereocenters. The topological polar surface area (TPSA) is 101 Å². The maximum absolute atomic E-state index is 12.2. The van der Waals surface area contributed by atoms with Gasteiger partial charge in [0.1, 0.15) is 17.0 Å². The summed E-state index contributed by atoms with van der Waals surface area (Å²) in [5.41, 5.74) is 0.0231. The zero-order valence-electron chi connectivity index (χ0n) is 33.3. The van der Waals surface area contributed by atoms with Crippen molar-refractivity contribution in [3.8, 4) is 11.8 Å². The summed E-state index contributed by atoms with van der Waals surface area (Å²) in [5.74, 6) is 15.7. The zero-order valence-corrected chi connectivity index (χ0v) is 33.3. The number of Topliss-reactive ketones (excluding diaryl/α,β-unsaturated/α-hetero) is 1. The van der Waals surface area contributed by atoms with E-state index in [1.807, 2.05) is 6.92 Å². The molecule has 0 aromatic heterocycles. The van der Waals surface area contributed by atoms with E-state index >= 15 is 0 Å². The molecule has 0 bridgehead atoms. The van der Waals surface area contributed by atoms with Crippen LogP contribution in [0.15, 0.2) is 11.6 Å². The highest BCUT2D eigenvalue weighted by Crippen LogP contribution is 2.83. The Bertz CT molecular complexity index is 1910. The number of esters is 1. The third-order valence-corrected chi connectivity index (χ3v) is 21.6. The predicted octanol–water partition coefficient (Wildman–Crippen LogP) is 7.49. The number of aliphatic hydroxyl groups is 2. The van der Waals surface area contributed by atoms with Crippen molar-refractivity contribution < 1.29 is 29.3 Å². The van der Waals surface area contributed by atoms with E-state index in [1.165, 1.54) is 31.3 Å². The molecule has 290 valence electrons. The Kier molecular flexibility index (Phi) is 6.31. The Morgan fingerprint density at radius 2 is 1.37 bits per heavy atom. The van der Waals surface area contributed by atoms with Crippen LogP contribution in [0.3, 0.4) is 0 Å². The molecule has 0 amide bonds. The van der Waals surface area contributed by atoms with Crippen LogP contribution in [0, 0.1) is 116 Å². The Morgan fingerprint density at radius 3 is 2.13 bits per heavy atom. The number of allylic oxidation sites excluding steroid dienone is 1. The smallest absolute Gasteiger partial charge is 0.306 e. The van der Waals surface area contributed by atoms with Crippen LogP contribution in [0.1, 0.15) is 131 Å². The van der Waals surface area contributed by atoms with E-state index < -0.39 is 11.2 Å². The number of hydrogen-bond acceptors (Lipinski definition) is 6. The van der Waals surface area contributed by atoms with Crippen molar-refractivity contribution in [3.05, 3.63) is 11.6 Å². The summed E-state index contributed by atoms with van der Waals surface area (Å²) in [6.07, 6.45) is 16.7. The molecule has 54 heavy (non-hydrogen) atoms. The van der Waals surface area contributed by atoms with Gasteiger partial charge in [-0.25, -0.2) is 0 Å². The molecule has 2 N–H and O–H groups in total. The van der Waals surface area contributed by atoms with Crippen LogP contribution in [0.5, 0.6) is 0 Å². The monoisotopic (exact) mass is 734 g/mol. The molecule has 0 radical (unpaired) electrons. The molecule has 6 heteroatoms. The molecule has 13 rings (SSSR count). The highest BCUT2D eigenvalue weighted by atomic mass is 16.6. The lowest BCUT2D eigenvalue weighted by molar-refractivity contribution is -0.218. The van der Waals surface area contributed by atoms with Crippen LogP contribution in [0.4, 0.5) is 0 Å². The summed E-state index contributed by atoms with van der Waals surface area (Å²) >= 11 is 0. The van der Waals surface area contributed by atoms with Crippen molar-refractivity contribution in [1.29, 1.82) is 0 Å². The SMILES string of the molecule is CC#C[C@]1(O)C2C[C@H]2C2C3C4C[C@H]4[C@]4(O)CC(=O)CC[C@]4(C)C3CC[C@@]21C.C[C@]12CCC(=O)C=C1[C@@H]1CC1C1C2CC[C@@]2(C)C1[C@@H]1CC1[C@@]21CCC(=O)O1. The van der Waals surface area contributed by atoms with E-state index in [0.717, 1.165) is 81.0 Å². The average Bonchev–Trinajstić information content (AvgIpc) is 3.96. The van der Waals surface area contributed by atoms with E-state index in [4.69, 9.17) is 4.74 Å². The van der Waals surface area contributed by atoms with Crippen LogP contribution in [-0.4, -0.2) is 44.6 Å². The average molecular weight is 735 g/mol. The number of carbonyl (C=O) groups excluding carboxylic acids is 3. The zero-order chi connectivity index (χ0) is 37.3. The highest BCUT2D eigenvalue weighted by molar-refractivity contribution is 5.92.